The molecule has 1 saturated carbocycles. The van der Waals surface area contributed by atoms with Crippen LogP contribution in [0.2, 0.25) is 5.02 Å². The Morgan fingerprint density at radius 2 is 2.18 bits per heavy atom. The number of halogens is 2. The molecular formula is C13H17ClFNO. The lowest BCUT2D eigenvalue weighted by Crippen LogP contribution is -2.45. The Balaban J connectivity index is 1.91. The maximum absolute atomic E-state index is 13.0. The predicted octanol–water partition coefficient (Wildman–Crippen LogP) is 3.31. The third-order valence-corrected chi connectivity index (χ3v) is 3.65. The molecule has 1 N–H and O–H groups in total. The molecule has 94 valence electrons. The van der Waals surface area contributed by atoms with Crippen LogP contribution in [-0.2, 0) is 4.74 Å². The molecule has 0 saturated heterocycles. The topological polar surface area (TPSA) is 21.3 Å². The Hall–Kier alpha value is -0.640. The smallest absolute Gasteiger partial charge is 0.141 e. The van der Waals surface area contributed by atoms with Crippen molar-refractivity contribution < 1.29 is 9.13 Å². The van der Waals surface area contributed by atoms with Gasteiger partial charge in [0.15, 0.2) is 0 Å². The van der Waals surface area contributed by atoms with Gasteiger partial charge in [-0.1, -0.05) is 17.7 Å². The number of hydrogen-bond donors (Lipinski definition) is 1. The minimum absolute atomic E-state index is 0.177. The van der Waals surface area contributed by atoms with Crippen LogP contribution in [0.3, 0.4) is 0 Å². The van der Waals surface area contributed by atoms with Crippen LogP contribution in [0.4, 0.5) is 4.39 Å². The van der Waals surface area contributed by atoms with Gasteiger partial charge in [0.25, 0.3) is 0 Å². The van der Waals surface area contributed by atoms with E-state index in [0.717, 1.165) is 18.4 Å². The summed E-state index contributed by atoms with van der Waals surface area (Å²) < 4.78 is 18.3. The van der Waals surface area contributed by atoms with E-state index in [2.05, 4.69) is 12.2 Å². The van der Waals surface area contributed by atoms with Gasteiger partial charge in [-0.15, -0.1) is 0 Å². The average molecular weight is 258 g/mol. The van der Waals surface area contributed by atoms with Crippen LogP contribution < -0.4 is 5.32 Å². The maximum atomic E-state index is 13.0. The summed E-state index contributed by atoms with van der Waals surface area (Å²) in [6.45, 7) is 2.06. The van der Waals surface area contributed by atoms with Gasteiger partial charge in [0.05, 0.1) is 11.1 Å². The number of nitrogens with one attached hydrogen (secondary N) is 1. The lowest BCUT2D eigenvalue weighted by Gasteiger charge is -2.36. The second-order valence-electron chi connectivity index (χ2n) is 4.59. The number of methoxy groups -OCH3 is 1. The zero-order valence-corrected chi connectivity index (χ0v) is 10.8. The monoisotopic (exact) mass is 257 g/mol. The highest BCUT2D eigenvalue weighted by Gasteiger charge is 2.29. The van der Waals surface area contributed by atoms with Gasteiger partial charge in [0, 0.05) is 19.2 Å². The van der Waals surface area contributed by atoms with Crippen molar-refractivity contribution >= 4 is 11.6 Å². The summed E-state index contributed by atoms with van der Waals surface area (Å²) in [5.41, 5.74) is 1.01. The first-order chi connectivity index (χ1) is 8.10. The summed E-state index contributed by atoms with van der Waals surface area (Å²) in [5.74, 6) is -0.370. The Labute approximate surface area is 106 Å². The van der Waals surface area contributed by atoms with Crippen LogP contribution in [0.5, 0.6) is 0 Å². The van der Waals surface area contributed by atoms with Crippen LogP contribution in [0, 0.1) is 5.82 Å². The summed E-state index contributed by atoms with van der Waals surface area (Å²) in [7, 11) is 1.74. The second kappa shape index (κ2) is 5.34. The molecule has 1 unspecified atom stereocenters. The van der Waals surface area contributed by atoms with Crippen molar-refractivity contribution in [3.8, 4) is 0 Å². The molecule has 2 rings (SSSR count). The molecule has 1 aromatic rings. The van der Waals surface area contributed by atoms with E-state index < -0.39 is 0 Å². The van der Waals surface area contributed by atoms with Crippen LogP contribution in [0.15, 0.2) is 18.2 Å². The predicted molar refractivity (Wildman–Crippen MR) is 66.8 cm³/mol. The molecule has 1 aliphatic rings. The fourth-order valence-electron chi connectivity index (χ4n) is 2.13. The van der Waals surface area contributed by atoms with Gasteiger partial charge < -0.3 is 10.1 Å². The molecule has 4 heteroatoms. The van der Waals surface area contributed by atoms with Crippen molar-refractivity contribution in [2.24, 2.45) is 0 Å². The summed E-state index contributed by atoms with van der Waals surface area (Å²) in [6.07, 6.45) is 2.46. The minimum Gasteiger partial charge on any atom is -0.381 e. The van der Waals surface area contributed by atoms with E-state index in [1.165, 1.54) is 6.07 Å². The standard InChI is InChI=1S/C13H17ClFNO/c1-8(16-10-6-11(7-10)17-2)9-3-4-13(15)12(14)5-9/h3-5,8,10-11,16H,6-7H2,1-2H3. The quantitative estimate of drug-likeness (QED) is 0.894. The van der Waals surface area contributed by atoms with Gasteiger partial charge in [0.1, 0.15) is 5.82 Å². The molecule has 0 spiro atoms. The van der Waals surface area contributed by atoms with Crippen LogP contribution in [-0.4, -0.2) is 19.3 Å². The summed E-state index contributed by atoms with van der Waals surface area (Å²) >= 11 is 5.77. The molecule has 1 aromatic carbocycles. The highest BCUT2D eigenvalue weighted by molar-refractivity contribution is 6.30. The minimum atomic E-state index is -0.370. The lowest BCUT2D eigenvalue weighted by molar-refractivity contribution is 0.0147. The van der Waals surface area contributed by atoms with Gasteiger partial charge >= 0.3 is 0 Å². The molecule has 0 radical (unpaired) electrons. The molecule has 0 bridgehead atoms. The van der Waals surface area contributed by atoms with Gasteiger partial charge in [-0.05, 0) is 37.5 Å². The largest absolute Gasteiger partial charge is 0.381 e. The summed E-state index contributed by atoms with van der Waals surface area (Å²) in [4.78, 5) is 0. The summed E-state index contributed by atoms with van der Waals surface area (Å²) in [6, 6.07) is 5.52. The SMILES string of the molecule is COC1CC(NC(C)c2ccc(F)c(Cl)c2)C1. The molecule has 1 aliphatic carbocycles. The summed E-state index contributed by atoms with van der Waals surface area (Å²) in [5, 5.41) is 3.66. The van der Waals surface area contributed by atoms with Crippen molar-refractivity contribution in [1.29, 1.82) is 0 Å². The first-order valence-electron chi connectivity index (χ1n) is 5.84. The molecule has 0 heterocycles. The normalized spacial score (nSPS) is 25.4. The first-order valence-corrected chi connectivity index (χ1v) is 6.21. The molecular weight excluding hydrogens is 241 g/mol. The van der Waals surface area contributed by atoms with Crippen LogP contribution >= 0.6 is 11.6 Å². The van der Waals surface area contributed by atoms with Crippen molar-refractivity contribution in [2.45, 2.75) is 38.0 Å². The van der Waals surface area contributed by atoms with Crippen LogP contribution in [0.1, 0.15) is 31.4 Å². The highest BCUT2D eigenvalue weighted by Crippen LogP contribution is 2.27. The van der Waals surface area contributed by atoms with E-state index in [1.54, 1.807) is 19.2 Å². The highest BCUT2D eigenvalue weighted by atomic mass is 35.5. The van der Waals surface area contributed by atoms with E-state index in [9.17, 15) is 4.39 Å². The fraction of sp³-hybridized carbons (Fsp3) is 0.538. The maximum Gasteiger partial charge on any atom is 0.141 e. The molecule has 1 atom stereocenters. The second-order valence-corrected chi connectivity index (χ2v) is 5.00. The van der Waals surface area contributed by atoms with Crippen LogP contribution in [0.25, 0.3) is 0 Å². The Bertz CT molecular complexity index is 393. The number of ether oxygens (including phenoxy) is 1. The van der Waals surface area contributed by atoms with E-state index >= 15 is 0 Å². The first kappa shape index (κ1) is 12.8. The molecule has 17 heavy (non-hydrogen) atoms. The van der Waals surface area contributed by atoms with Gasteiger partial charge in [-0.2, -0.15) is 0 Å². The lowest BCUT2D eigenvalue weighted by atomic mass is 9.88. The average Bonchev–Trinajstić information content (AvgIpc) is 2.26. The van der Waals surface area contributed by atoms with E-state index in [-0.39, 0.29) is 16.9 Å². The molecule has 2 nitrogen and oxygen atoms in total. The van der Waals surface area contributed by atoms with Crippen molar-refractivity contribution in [1.82, 2.24) is 5.32 Å². The third kappa shape index (κ3) is 2.97. The number of rotatable bonds is 4. The molecule has 0 amide bonds. The molecule has 0 aromatic heterocycles. The van der Waals surface area contributed by atoms with Gasteiger partial charge in [0.2, 0.25) is 0 Å². The van der Waals surface area contributed by atoms with E-state index in [0.29, 0.717) is 12.1 Å². The van der Waals surface area contributed by atoms with Crippen molar-refractivity contribution in [3.05, 3.63) is 34.6 Å². The van der Waals surface area contributed by atoms with Gasteiger partial charge in [-0.3, -0.25) is 0 Å². The molecule has 0 aliphatic heterocycles. The Morgan fingerprint density at radius 3 is 2.76 bits per heavy atom. The van der Waals surface area contributed by atoms with Crippen molar-refractivity contribution in [3.63, 3.8) is 0 Å². The van der Waals surface area contributed by atoms with Gasteiger partial charge in [-0.25, -0.2) is 4.39 Å². The third-order valence-electron chi connectivity index (χ3n) is 3.36. The Kier molecular flexibility index (Phi) is 4.02. The van der Waals surface area contributed by atoms with E-state index in [1.807, 2.05) is 0 Å². The van der Waals surface area contributed by atoms with Crippen molar-refractivity contribution in [2.75, 3.05) is 7.11 Å². The number of benzene rings is 1. The number of hydrogen-bond acceptors (Lipinski definition) is 2. The zero-order valence-electron chi connectivity index (χ0n) is 10.0. The zero-order chi connectivity index (χ0) is 12.4. The Morgan fingerprint density at radius 1 is 1.47 bits per heavy atom. The van der Waals surface area contributed by atoms with E-state index in [4.69, 9.17) is 16.3 Å². The fourth-order valence-corrected chi connectivity index (χ4v) is 2.31. The molecule has 1 fully saturated rings.